The topological polar surface area (TPSA) is 92.8 Å². The Balaban J connectivity index is 1.14. The Bertz CT molecular complexity index is 1210. The van der Waals surface area contributed by atoms with Gasteiger partial charge in [0.1, 0.15) is 5.03 Å². The standard InChI is InChI=1S/C26H26N4O4S/c31-24(28-19-8-9-22-23(13-19)34-17-33-22)16-35-26-21(7-4-11-27-26)25(32)29-20-10-12-30(15-20)14-18-5-2-1-3-6-18/h1-9,11,13,20H,10,12,14-17H2,(H,28,31)(H,29,32). The van der Waals surface area contributed by atoms with Crippen LogP contribution in [-0.2, 0) is 11.3 Å². The van der Waals surface area contributed by atoms with Gasteiger partial charge in [0.05, 0.1) is 11.3 Å². The van der Waals surface area contributed by atoms with Crippen LogP contribution < -0.4 is 20.1 Å². The summed E-state index contributed by atoms with van der Waals surface area (Å²) in [6.45, 7) is 2.80. The number of likely N-dealkylation sites (tertiary alicyclic amines) is 1. The average Bonchev–Trinajstić information content (AvgIpc) is 3.52. The lowest BCUT2D eigenvalue weighted by molar-refractivity contribution is -0.113. The summed E-state index contributed by atoms with van der Waals surface area (Å²) < 4.78 is 10.6. The number of hydrogen-bond donors (Lipinski definition) is 2. The molecule has 9 heteroatoms. The molecule has 5 rings (SSSR count). The van der Waals surface area contributed by atoms with E-state index in [1.807, 2.05) is 18.2 Å². The largest absolute Gasteiger partial charge is 0.454 e. The van der Waals surface area contributed by atoms with E-state index in [1.165, 1.54) is 17.3 Å². The average molecular weight is 491 g/mol. The molecule has 2 aromatic carbocycles. The molecule has 1 unspecified atom stereocenters. The molecule has 3 aromatic rings. The molecule has 35 heavy (non-hydrogen) atoms. The van der Waals surface area contributed by atoms with Crippen molar-refractivity contribution in [1.82, 2.24) is 15.2 Å². The summed E-state index contributed by atoms with van der Waals surface area (Å²) in [6, 6.07) is 19.2. The number of fused-ring (bicyclic) bond motifs is 1. The highest BCUT2D eigenvalue weighted by Gasteiger charge is 2.25. The molecular weight excluding hydrogens is 464 g/mol. The minimum absolute atomic E-state index is 0.0820. The van der Waals surface area contributed by atoms with Crippen LogP contribution in [0.1, 0.15) is 22.3 Å². The smallest absolute Gasteiger partial charge is 0.254 e. The number of nitrogens with zero attached hydrogens (tertiary/aromatic N) is 2. The second kappa shape index (κ2) is 10.8. The summed E-state index contributed by atoms with van der Waals surface area (Å²) >= 11 is 1.24. The third kappa shape index (κ3) is 5.93. The maximum atomic E-state index is 13.0. The zero-order chi connectivity index (χ0) is 24.0. The molecular formula is C26H26N4O4S. The molecule has 2 aliphatic rings. The van der Waals surface area contributed by atoms with Crippen molar-refractivity contribution in [3.8, 4) is 11.5 Å². The number of amides is 2. The van der Waals surface area contributed by atoms with Crippen molar-refractivity contribution < 1.29 is 19.1 Å². The highest BCUT2D eigenvalue weighted by atomic mass is 32.2. The summed E-state index contributed by atoms with van der Waals surface area (Å²) in [5.74, 6) is 1.03. The van der Waals surface area contributed by atoms with Crippen LogP contribution in [-0.4, -0.2) is 53.4 Å². The first-order valence-electron chi connectivity index (χ1n) is 11.5. The van der Waals surface area contributed by atoms with E-state index < -0.39 is 0 Å². The molecule has 1 saturated heterocycles. The Morgan fingerprint density at radius 1 is 1.06 bits per heavy atom. The number of carbonyl (C=O) groups excluding carboxylic acids is 2. The Morgan fingerprint density at radius 3 is 2.80 bits per heavy atom. The number of aromatic nitrogens is 1. The van der Waals surface area contributed by atoms with Crippen LogP contribution in [0.4, 0.5) is 5.69 Å². The maximum Gasteiger partial charge on any atom is 0.254 e. The number of carbonyl (C=O) groups is 2. The molecule has 0 saturated carbocycles. The Labute approximate surface area is 208 Å². The lowest BCUT2D eigenvalue weighted by atomic mass is 10.2. The van der Waals surface area contributed by atoms with E-state index in [4.69, 9.17) is 9.47 Å². The highest BCUT2D eigenvalue weighted by Crippen LogP contribution is 2.34. The van der Waals surface area contributed by atoms with Gasteiger partial charge in [-0.1, -0.05) is 42.1 Å². The lowest BCUT2D eigenvalue weighted by Crippen LogP contribution is -2.37. The molecule has 0 bridgehead atoms. The van der Waals surface area contributed by atoms with E-state index in [-0.39, 0.29) is 30.4 Å². The number of anilines is 1. The quantitative estimate of drug-likeness (QED) is 0.467. The van der Waals surface area contributed by atoms with Crippen LogP contribution in [0.2, 0.25) is 0 Å². The van der Waals surface area contributed by atoms with Crippen LogP contribution in [0.25, 0.3) is 0 Å². The molecule has 0 spiro atoms. The number of ether oxygens (including phenoxy) is 2. The molecule has 0 radical (unpaired) electrons. The van der Waals surface area contributed by atoms with E-state index in [2.05, 4.69) is 32.7 Å². The molecule has 1 atom stereocenters. The fourth-order valence-corrected chi connectivity index (χ4v) is 4.97. The third-order valence-electron chi connectivity index (χ3n) is 5.87. The van der Waals surface area contributed by atoms with Crippen LogP contribution >= 0.6 is 11.8 Å². The van der Waals surface area contributed by atoms with E-state index in [0.717, 1.165) is 26.1 Å². The van der Waals surface area contributed by atoms with E-state index in [1.54, 1.807) is 36.5 Å². The number of benzene rings is 2. The van der Waals surface area contributed by atoms with Gasteiger partial charge in [-0.25, -0.2) is 4.98 Å². The van der Waals surface area contributed by atoms with E-state index in [0.29, 0.717) is 27.8 Å². The normalized spacial score (nSPS) is 16.7. The summed E-state index contributed by atoms with van der Waals surface area (Å²) in [4.78, 5) is 32.2. The number of hydrogen-bond acceptors (Lipinski definition) is 7. The van der Waals surface area contributed by atoms with Crippen LogP contribution in [0, 0.1) is 0 Å². The number of pyridine rings is 1. The Hall–Kier alpha value is -3.56. The molecule has 1 fully saturated rings. The molecule has 2 aliphatic heterocycles. The van der Waals surface area contributed by atoms with Gasteiger partial charge >= 0.3 is 0 Å². The van der Waals surface area contributed by atoms with Gasteiger partial charge in [-0.3, -0.25) is 14.5 Å². The van der Waals surface area contributed by atoms with Gasteiger partial charge in [0.25, 0.3) is 5.91 Å². The van der Waals surface area contributed by atoms with Crippen LogP contribution in [0.15, 0.2) is 71.9 Å². The van der Waals surface area contributed by atoms with Gasteiger partial charge in [-0.15, -0.1) is 0 Å². The monoisotopic (exact) mass is 490 g/mol. The zero-order valence-electron chi connectivity index (χ0n) is 19.1. The molecule has 2 N–H and O–H groups in total. The maximum absolute atomic E-state index is 13.0. The Morgan fingerprint density at radius 2 is 1.91 bits per heavy atom. The van der Waals surface area contributed by atoms with Crippen LogP contribution in [0.5, 0.6) is 11.5 Å². The van der Waals surface area contributed by atoms with Crippen molar-refractivity contribution in [3.63, 3.8) is 0 Å². The minimum Gasteiger partial charge on any atom is -0.454 e. The van der Waals surface area contributed by atoms with Gasteiger partial charge < -0.3 is 20.1 Å². The first kappa shape index (κ1) is 23.2. The van der Waals surface area contributed by atoms with Crippen molar-refractivity contribution >= 4 is 29.3 Å². The molecule has 0 aliphatic carbocycles. The van der Waals surface area contributed by atoms with Crippen molar-refractivity contribution in [2.45, 2.75) is 24.0 Å². The van der Waals surface area contributed by atoms with Gasteiger partial charge in [0.15, 0.2) is 11.5 Å². The molecule has 2 amide bonds. The summed E-state index contributed by atoms with van der Waals surface area (Å²) in [7, 11) is 0. The van der Waals surface area contributed by atoms with Gasteiger partial charge in [-0.2, -0.15) is 0 Å². The van der Waals surface area contributed by atoms with Crippen molar-refractivity contribution in [3.05, 3.63) is 78.0 Å². The highest BCUT2D eigenvalue weighted by molar-refractivity contribution is 8.00. The van der Waals surface area contributed by atoms with Crippen molar-refractivity contribution in [2.75, 3.05) is 31.0 Å². The lowest BCUT2D eigenvalue weighted by Gasteiger charge is -2.17. The van der Waals surface area contributed by atoms with E-state index in [9.17, 15) is 9.59 Å². The number of nitrogens with one attached hydrogen (secondary N) is 2. The van der Waals surface area contributed by atoms with Gasteiger partial charge in [0, 0.05) is 43.6 Å². The van der Waals surface area contributed by atoms with Crippen LogP contribution in [0.3, 0.4) is 0 Å². The third-order valence-corrected chi connectivity index (χ3v) is 6.87. The molecule has 3 heterocycles. The van der Waals surface area contributed by atoms with Gasteiger partial charge in [-0.05, 0) is 36.2 Å². The summed E-state index contributed by atoms with van der Waals surface area (Å²) in [6.07, 6.45) is 2.53. The van der Waals surface area contributed by atoms with Crippen molar-refractivity contribution in [2.24, 2.45) is 0 Å². The predicted octanol–water partition coefficient (Wildman–Crippen LogP) is 3.55. The number of thioether (sulfide) groups is 1. The summed E-state index contributed by atoms with van der Waals surface area (Å²) in [5.41, 5.74) is 2.37. The van der Waals surface area contributed by atoms with E-state index >= 15 is 0 Å². The second-order valence-electron chi connectivity index (χ2n) is 8.44. The molecule has 180 valence electrons. The Kier molecular flexibility index (Phi) is 7.15. The number of rotatable bonds is 8. The first-order valence-corrected chi connectivity index (χ1v) is 12.5. The minimum atomic E-state index is -0.196. The molecule has 8 nitrogen and oxygen atoms in total. The van der Waals surface area contributed by atoms with Gasteiger partial charge in [0.2, 0.25) is 12.7 Å². The van der Waals surface area contributed by atoms with Crippen molar-refractivity contribution in [1.29, 1.82) is 0 Å². The molecule has 1 aromatic heterocycles. The summed E-state index contributed by atoms with van der Waals surface area (Å²) in [5, 5.41) is 6.52. The fourth-order valence-electron chi connectivity index (χ4n) is 4.18. The second-order valence-corrected chi connectivity index (χ2v) is 9.40. The fraction of sp³-hybridized carbons (Fsp3) is 0.269. The SMILES string of the molecule is O=C(CSc1ncccc1C(=O)NC1CCN(Cc2ccccc2)C1)Nc1ccc2c(c1)OCO2. The predicted molar refractivity (Wildman–Crippen MR) is 134 cm³/mol. The zero-order valence-corrected chi connectivity index (χ0v) is 19.9. The first-order chi connectivity index (χ1) is 17.1.